The molecule has 1 atom stereocenters. The molecule has 0 spiro atoms. The highest BCUT2D eigenvalue weighted by Gasteiger charge is 2.21. The molecule has 0 aliphatic carbocycles. The maximum absolute atomic E-state index is 14.6. The zero-order valence-electron chi connectivity index (χ0n) is 17.2. The number of pyridine rings is 1. The number of aromatic nitrogens is 3. The Morgan fingerprint density at radius 1 is 1.13 bits per heavy atom. The molecule has 1 aliphatic rings. The lowest BCUT2D eigenvalue weighted by Gasteiger charge is -2.29. The van der Waals surface area contributed by atoms with Gasteiger partial charge in [-0.2, -0.15) is 5.10 Å². The molecule has 3 aromatic rings. The minimum Gasteiger partial charge on any atom is -0.368 e. The van der Waals surface area contributed by atoms with Crippen LogP contribution in [0.5, 0.6) is 0 Å². The highest BCUT2D eigenvalue weighted by Crippen LogP contribution is 2.31. The number of aryl methyl sites for hydroxylation is 1. The smallest absolute Gasteiger partial charge is 0.266 e. The van der Waals surface area contributed by atoms with Gasteiger partial charge in [0.25, 0.3) is 6.43 Å². The monoisotopic (exact) mass is 452 g/mol. The van der Waals surface area contributed by atoms with E-state index < -0.39 is 23.8 Å². The van der Waals surface area contributed by atoms with Crippen LogP contribution in [0.3, 0.4) is 0 Å². The Hall–Kier alpha value is -2.65. The maximum Gasteiger partial charge on any atom is 0.266 e. The zero-order chi connectivity index (χ0) is 21.3. The predicted molar refractivity (Wildman–Crippen MR) is 118 cm³/mol. The minimum absolute atomic E-state index is 0. The highest BCUT2D eigenvalue weighted by molar-refractivity contribution is 5.92. The lowest BCUT2D eigenvalue weighted by Crippen LogP contribution is -2.43. The van der Waals surface area contributed by atoms with E-state index in [0.29, 0.717) is 17.0 Å². The van der Waals surface area contributed by atoms with Gasteiger partial charge in [0, 0.05) is 37.1 Å². The fourth-order valence-corrected chi connectivity index (χ4v) is 3.71. The van der Waals surface area contributed by atoms with E-state index in [1.54, 1.807) is 6.92 Å². The van der Waals surface area contributed by atoms with Gasteiger partial charge in [-0.1, -0.05) is 18.2 Å². The SMILES string of the molecule is Cc1nnc(NC(C)c2cccc(C(F)F)c2F)c2cc(N3CCNCC3)cnc12.Cl. The summed E-state index contributed by atoms with van der Waals surface area (Å²) >= 11 is 0. The average molecular weight is 453 g/mol. The van der Waals surface area contributed by atoms with Gasteiger partial charge in [-0.05, 0) is 19.9 Å². The largest absolute Gasteiger partial charge is 0.368 e. The Morgan fingerprint density at radius 2 is 1.84 bits per heavy atom. The summed E-state index contributed by atoms with van der Waals surface area (Å²) in [5.41, 5.74) is 1.89. The van der Waals surface area contributed by atoms with Crippen molar-refractivity contribution in [2.75, 3.05) is 36.4 Å². The van der Waals surface area contributed by atoms with Gasteiger partial charge in [0.05, 0.1) is 34.7 Å². The molecule has 2 aromatic heterocycles. The third-order valence-electron chi connectivity index (χ3n) is 5.37. The number of halogens is 4. The van der Waals surface area contributed by atoms with Crippen LogP contribution in [0, 0.1) is 12.7 Å². The average Bonchev–Trinajstić information content (AvgIpc) is 2.76. The summed E-state index contributed by atoms with van der Waals surface area (Å²) in [6.45, 7) is 7.06. The summed E-state index contributed by atoms with van der Waals surface area (Å²) in [5.74, 6) is -0.467. The molecule has 31 heavy (non-hydrogen) atoms. The first-order valence-electron chi connectivity index (χ1n) is 9.87. The van der Waals surface area contributed by atoms with Crippen molar-refractivity contribution in [3.05, 3.63) is 53.1 Å². The molecule has 4 rings (SSSR count). The van der Waals surface area contributed by atoms with Crippen molar-refractivity contribution >= 4 is 34.8 Å². The topological polar surface area (TPSA) is 66.0 Å². The normalized spacial score (nSPS) is 15.1. The molecule has 0 radical (unpaired) electrons. The molecule has 10 heteroatoms. The van der Waals surface area contributed by atoms with Crippen LogP contribution in [-0.2, 0) is 0 Å². The minimum atomic E-state index is -2.87. The Labute approximate surface area is 184 Å². The number of rotatable bonds is 5. The number of anilines is 2. The summed E-state index contributed by atoms with van der Waals surface area (Å²) in [4.78, 5) is 6.81. The molecule has 6 nitrogen and oxygen atoms in total. The van der Waals surface area contributed by atoms with Crippen LogP contribution < -0.4 is 15.5 Å². The molecular weight excluding hydrogens is 429 g/mol. The molecule has 1 aliphatic heterocycles. The van der Waals surface area contributed by atoms with E-state index in [1.807, 2.05) is 19.2 Å². The second-order valence-electron chi connectivity index (χ2n) is 7.38. The molecule has 1 saturated heterocycles. The zero-order valence-corrected chi connectivity index (χ0v) is 18.0. The number of fused-ring (bicyclic) bond motifs is 1. The van der Waals surface area contributed by atoms with Crippen molar-refractivity contribution in [2.45, 2.75) is 26.3 Å². The number of benzene rings is 1. The van der Waals surface area contributed by atoms with Gasteiger partial charge in [-0.15, -0.1) is 17.5 Å². The van der Waals surface area contributed by atoms with Gasteiger partial charge in [-0.25, -0.2) is 13.2 Å². The Kier molecular flexibility index (Phi) is 7.17. The molecule has 1 unspecified atom stereocenters. The molecule has 1 aromatic carbocycles. The molecule has 0 saturated carbocycles. The fraction of sp³-hybridized carbons (Fsp3) is 0.381. The Morgan fingerprint density at radius 3 is 2.55 bits per heavy atom. The van der Waals surface area contributed by atoms with Crippen LogP contribution in [0.2, 0.25) is 0 Å². The number of hydrogen-bond acceptors (Lipinski definition) is 6. The van der Waals surface area contributed by atoms with Gasteiger partial charge < -0.3 is 15.5 Å². The van der Waals surface area contributed by atoms with E-state index in [9.17, 15) is 13.2 Å². The number of nitrogens with zero attached hydrogens (tertiary/aromatic N) is 4. The summed E-state index contributed by atoms with van der Waals surface area (Å²) < 4.78 is 40.7. The second kappa shape index (κ2) is 9.65. The van der Waals surface area contributed by atoms with Crippen molar-refractivity contribution in [2.24, 2.45) is 0 Å². The quantitative estimate of drug-likeness (QED) is 0.597. The van der Waals surface area contributed by atoms with E-state index in [0.717, 1.165) is 43.3 Å². The van der Waals surface area contributed by atoms with E-state index in [2.05, 4.69) is 30.7 Å². The number of piperazine rings is 1. The molecule has 0 amide bonds. The van der Waals surface area contributed by atoms with Crippen LogP contribution in [0.15, 0.2) is 30.5 Å². The summed E-state index contributed by atoms with van der Waals surface area (Å²) in [5, 5.41) is 15.6. The number of alkyl halides is 2. The molecule has 0 bridgehead atoms. The lowest BCUT2D eigenvalue weighted by atomic mass is 10.0. The standard InChI is InChI=1S/C21H23F3N6.ClH/c1-12(15-4-3-5-16(18(15)22)20(23)24)27-21-17-10-14(30-8-6-25-7-9-30)11-26-19(17)13(2)28-29-21;/h3-5,10-12,20,25H,6-9H2,1-2H3,(H,27,29);1H. The van der Waals surface area contributed by atoms with Gasteiger partial charge in [-0.3, -0.25) is 4.98 Å². The Balaban J connectivity index is 0.00000272. The van der Waals surface area contributed by atoms with Crippen LogP contribution in [-0.4, -0.2) is 41.4 Å². The van der Waals surface area contributed by atoms with Crippen LogP contribution in [0.4, 0.5) is 24.7 Å². The first-order chi connectivity index (χ1) is 14.5. The van der Waals surface area contributed by atoms with E-state index in [1.165, 1.54) is 12.1 Å². The maximum atomic E-state index is 14.6. The molecular formula is C21H24ClF3N6. The first kappa shape index (κ1) is 23.0. The first-order valence-corrected chi connectivity index (χ1v) is 9.87. The van der Waals surface area contributed by atoms with Crippen molar-refractivity contribution in [3.8, 4) is 0 Å². The summed E-state index contributed by atoms with van der Waals surface area (Å²) in [6.07, 6.45) is -1.05. The number of hydrogen-bond donors (Lipinski definition) is 2. The van der Waals surface area contributed by atoms with Crippen LogP contribution in [0.1, 0.15) is 36.2 Å². The summed E-state index contributed by atoms with van der Waals surface area (Å²) in [7, 11) is 0. The second-order valence-corrected chi connectivity index (χ2v) is 7.38. The molecule has 1 fully saturated rings. The van der Waals surface area contributed by atoms with Gasteiger partial charge in [0.1, 0.15) is 5.82 Å². The third kappa shape index (κ3) is 4.67. The van der Waals surface area contributed by atoms with E-state index in [4.69, 9.17) is 0 Å². The van der Waals surface area contributed by atoms with Crippen LogP contribution >= 0.6 is 12.4 Å². The lowest BCUT2D eigenvalue weighted by molar-refractivity contribution is 0.146. The fourth-order valence-electron chi connectivity index (χ4n) is 3.71. The molecule has 166 valence electrons. The number of nitrogens with one attached hydrogen (secondary N) is 2. The van der Waals surface area contributed by atoms with Crippen molar-refractivity contribution in [1.82, 2.24) is 20.5 Å². The predicted octanol–water partition coefficient (Wildman–Crippen LogP) is 4.41. The Bertz CT molecular complexity index is 1060. The van der Waals surface area contributed by atoms with Gasteiger partial charge >= 0.3 is 0 Å². The highest BCUT2D eigenvalue weighted by atomic mass is 35.5. The molecule has 3 heterocycles. The van der Waals surface area contributed by atoms with Gasteiger partial charge in [0.2, 0.25) is 0 Å². The third-order valence-corrected chi connectivity index (χ3v) is 5.37. The van der Waals surface area contributed by atoms with Gasteiger partial charge in [0.15, 0.2) is 5.82 Å². The van der Waals surface area contributed by atoms with E-state index >= 15 is 0 Å². The van der Waals surface area contributed by atoms with Crippen molar-refractivity contribution in [3.63, 3.8) is 0 Å². The molecule has 2 N–H and O–H groups in total. The van der Waals surface area contributed by atoms with E-state index in [-0.39, 0.29) is 18.0 Å². The van der Waals surface area contributed by atoms with Crippen LogP contribution in [0.25, 0.3) is 10.9 Å². The van der Waals surface area contributed by atoms with Crippen molar-refractivity contribution < 1.29 is 13.2 Å². The summed E-state index contributed by atoms with van der Waals surface area (Å²) in [6, 6.07) is 5.43. The van der Waals surface area contributed by atoms with Crippen molar-refractivity contribution in [1.29, 1.82) is 0 Å².